The zero-order valence-corrected chi connectivity index (χ0v) is 7.41. The fraction of sp³-hybridized carbons (Fsp3) is 0.222. The van der Waals surface area contributed by atoms with Crippen LogP contribution in [-0.4, -0.2) is 5.91 Å². The Morgan fingerprint density at radius 2 is 2.38 bits per heavy atom. The summed E-state index contributed by atoms with van der Waals surface area (Å²) in [5.74, 6) is 4.83. The van der Waals surface area contributed by atoms with Gasteiger partial charge in [-0.25, -0.2) is 5.90 Å². The van der Waals surface area contributed by atoms with E-state index >= 15 is 0 Å². The van der Waals surface area contributed by atoms with Gasteiger partial charge in [-0.2, -0.15) is 0 Å². The van der Waals surface area contributed by atoms with E-state index in [1.807, 2.05) is 18.2 Å². The summed E-state index contributed by atoms with van der Waals surface area (Å²) in [6.07, 6.45) is 0. The van der Waals surface area contributed by atoms with Crippen molar-refractivity contribution in [3.05, 3.63) is 29.8 Å². The molecule has 0 aromatic heterocycles. The Hall–Kier alpha value is -1.39. The van der Waals surface area contributed by atoms with Gasteiger partial charge in [-0.15, -0.1) is 0 Å². The van der Waals surface area contributed by atoms with Crippen molar-refractivity contribution in [3.63, 3.8) is 0 Å². The van der Waals surface area contributed by atoms with Crippen LogP contribution in [0.2, 0.25) is 0 Å². The number of hydrogen-bond donors (Lipinski definition) is 2. The molecule has 0 bridgehead atoms. The average molecular weight is 180 g/mol. The first-order chi connectivity index (χ1) is 6.22. The van der Waals surface area contributed by atoms with Crippen LogP contribution in [0, 0.1) is 0 Å². The summed E-state index contributed by atoms with van der Waals surface area (Å²) in [5, 5.41) is 2.67. The largest absolute Gasteiger partial charge is 0.326 e. The summed E-state index contributed by atoms with van der Waals surface area (Å²) < 4.78 is 0. The first-order valence-corrected chi connectivity index (χ1v) is 3.90. The normalized spacial score (nSPS) is 9.69. The number of carbonyl (C=O) groups excluding carboxylic acids is 1. The predicted octanol–water partition coefficient (Wildman–Crippen LogP) is 1.04. The van der Waals surface area contributed by atoms with Crippen LogP contribution < -0.4 is 11.2 Å². The van der Waals surface area contributed by atoms with E-state index in [1.165, 1.54) is 6.92 Å². The minimum atomic E-state index is -0.0918. The zero-order valence-electron chi connectivity index (χ0n) is 7.41. The van der Waals surface area contributed by atoms with E-state index in [0.29, 0.717) is 6.61 Å². The number of anilines is 1. The van der Waals surface area contributed by atoms with Gasteiger partial charge in [-0.3, -0.25) is 9.63 Å². The van der Waals surface area contributed by atoms with Gasteiger partial charge in [-0.1, -0.05) is 12.1 Å². The summed E-state index contributed by atoms with van der Waals surface area (Å²) in [7, 11) is 0. The molecule has 0 saturated carbocycles. The Balaban J connectivity index is 2.73. The SMILES string of the molecule is CC(=O)Nc1cccc(CON)c1. The van der Waals surface area contributed by atoms with Gasteiger partial charge < -0.3 is 5.32 Å². The number of amides is 1. The van der Waals surface area contributed by atoms with Crippen LogP contribution in [0.15, 0.2) is 24.3 Å². The molecular formula is C9H12N2O2. The van der Waals surface area contributed by atoms with Gasteiger partial charge in [0.2, 0.25) is 5.91 Å². The first kappa shape index (κ1) is 9.70. The molecule has 0 aliphatic carbocycles. The Bertz CT molecular complexity index is 299. The third-order valence-electron chi connectivity index (χ3n) is 1.50. The molecule has 13 heavy (non-hydrogen) atoms. The molecule has 0 aliphatic rings. The van der Waals surface area contributed by atoms with Gasteiger partial charge in [0.25, 0.3) is 0 Å². The van der Waals surface area contributed by atoms with Gasteiger partial charge in [0.15, 0.2) is 0 Å². The topological polar surface area (TPSA) is 64.3 Å². The average Bonchev–Trinajstić information content (AvgIpc) is 2.04. The second kappa shape index (κ2) is 4.59. The summed E-state index contributed by atoms with van der Waals surface area (Å²) in [5.41, 5.74) is 1.68. The van der Waals surface area contributed by atoms with Gasteiger partial charge in [0, 0.05) is 12.6 Å². The second-order valence-corrected chi connectivity index (χ2v) is 2.69. The quantitative estimate of drug-likeness (QED) is 0.683. The molecule has 0 radical (unpaired) electrons. The maximum atomic E-state index is 10.7. The Kier molecular flexibility index (Phi) is 3.42. The van der Waals surface area contributed by atoms with Crippen molar-refractivity contribution in [1.82, 2.24) is 0 Å². The smallest absolute Gasteiger partial charge is 0.221 e. The molecule has 0 spiro atoms. The highest BCUT2D eigenvalue weighted by Crippen LogP contribution is 2.10. The number of benzene rings is 1. The number of nitrogens with one attached hydrogen (secondary N) is 1. The van der Waals surface area contributed by atoms with Crippen LogP contribution in [0.5, 0.6) is 0 Å². The summed E-state index contributed by atoms with van der Waals surface area (Å²) in [6.45, 7) is 1.81. The van der Waals surface area contributed by atoms with Gasteiger partial charge in [-0.05, 0) is 17.7 Å². The van der Waals surface area contributed by atoms with Crippen molar-refractivity contribution >= 4 is 11.6 Å². The van der Waals surface area contributed by atoms with Crippen molar-refractivity contribution < 1.29 is 9.63 Å². The van der Waals surface area contributed by atoms with Gasteiger partial charge >= 0.3 is 0 Å². The zero-order chi connectivity index (χ0) is 9.68. The summed E-state index contributed by atoms with van der Waals surface area (Å²) in [4.78, 5) is 15.2. The van der Waals surface area contributed by atoms with Crippen molar-refractivity contribution in [2.45, 2.75) is 13.5 Å². The van der Waals surface area contributed by atoms with Crippen LogP contribution >= 0.6 is 0 Å². The molecule has 0 aliphatic heterocycles. The molecule has 3 N–H and O–H groups in total. The van der Waals surface area contributed by atoms with Crippen LogP contribution in [-0.2, 0) is 16.2 Å². The highest BCUT2D eigenvalue weighted by atomic mass is 16.6. The molecular weight excluding hydrogens is 168 g/mol. The second-order valence-electron chi connectivity index (χ2n) is 2.69. The van der Waals surface area contributed by atoms with Crippen molar-refractivity contribution in [2.75, 3.05) is 5.32 Å². The van der Waals surface area contributed by atoms with Gasteiger partial charge in [0.05, 0.1) is 6.61 Å². The maximum Gasteiger partial charge on any atom is 0.221 e. The summed E-state index contributed by atoms with van der Waals surface area (Å²) >= 11 is 0. The van der Waals surface area contributed by atoms with E-state index in [2.05, 4.69) is 10.2 Å². The Morgan fingerprint density at radius 3 is 3.00 bits per heavy atom. The molecule has 1 amide bonds. The highest BCUT2D eigenvalue weighted by molar-refractivity contribution is 5.88. The fourth-order valence-electron chi connectivity index (χ4n) is 1.04. The molecule has 0 fully saturated rings. The van der Waals surface area contributed by atoms with Crippen LogP contribution in [0.1, 0.15) is 12.5 Å². The molecule has 1 rings (SSSR count). The lowest BCUT2D eigenvalue weighted by molar-refractivity contribution is -0.114. The predicted molar refractivity (Wildman–Crippen MR) is 49.7 cm³/mol. The van der Waals surface area contributed by atoms with E-state index in [9.17, 15) is 4.79 Å². The third kappa shape index (κ3) is 3.23. The van der Waals surface area contributed by atoms with Crippen molar-refractivity contribution in [1.29, 1.82) is 0 Å². The Morgan fingerprint density at radius 1 is 1.62 bits per heavy atom. The number of carbonyl (C=O) groups is 1. The monoisotopic (exact) mass is 180 g/mol. The van der Waals surface area contributed by atoms with E-state index in [1.54, 1.807) is 6.07 Å². The van der Waals surface area contributed by atoms with Crippen molar-refractivity contribution in [2.24, 2.45) is 5.90 Å². The molecule has 1 aromatic carbocycles. The molecule has 0 saturated heterocycles. The fourth-order valence-corrected chi connectivity index (χ4v) is 1.04. The van der Waals surface area contributed by atoms with E-state index in [-0.39, 0.29) is 5.91 Å². The van der Waals surface area contributed by atoms with E-state index in [4.69, 9.17) is 5.90 Å². The third-order valence-corrected chi connectivity index (χ3v) is 1.50. The molecule has 70 valence electrons. The lowest BCUT2D eigenvalue weighted by Crippen LogP contribution is -2.06. The highest BCUT2D eigenvalue weighted by Gasteiger charge is 1.96. The van der Waals surface area contributed by atoms with E-state index < -0.39 is 0 Å². The summed E-state index contributed by atoms with van der Waals surface area (Å²) in [6, 6.07) is 7.33. The molecule has 0 unspecified atom stereocenters. The molecule has 4 heteroatoms. The minimum Gasteiger partial charge on any atom is -0.326 e. The molecule has 4 nitrogen and oxygen atoms in total. The molecule has 0 atom stereocenters. The number of rotatable bonds is 3. The maximum absolute atomic E-state index is 10.7. The van der Waals surface area contributed by atoms with Crippen LogP contribution in [0.25, 0.3) is 0 Å². The number of nitrogens with two attached hydrogens (primary N) is 1. The minimum absolute atomic E-state index is 0.0918. The standard InChI is InChI=1S/C9H12N2O2/c1-7(12)11-9-4-2-3-8(5-9)6-13-10/h2-5H,6,10H2,1H3,(H,11,12). The Labute approximate surface area is 76.6 Å². The number of hydrogen-bond acceptors (Lipinski definition) is 3. The van der Waals surface area contributed by atoms with Crippen LogP contribution in [0.3, 0.4) is 0 Å². The molecule has 0 heterocycles. The molecule has 1 aromatic rings. The van der Waals surface area contributed by atoms with Crippen LogP contribution in [0.4, 0.5) is 5.69 Å². The van der Waals surface area contributed by atoms with E-state index in [0.717, 1.165) is 11.3 Å². The first-order valence-electron chi connectivity index (χ1n) is 3.90. The lowest BCUT2D eigenvalue weighted by Gasteiger charge is -2.04. The lowest BCUT2D eigenvalue weighted by atomic mass is 10.2. The van der Waals surface area contributed by atoms with Gasteiger partial charge in [0.1, 0.15) is 0 Å². The van der Waals surface area contributed by atoms with Crippen molar-refractivity contribution in [3.8, 4) is 0 Å².